The van der Waals surface area contributed by atoms with Crippen LogP contribution in [0.4, 0.5) is 0 Å². The molecule has 0 unspecified atom stereocenters. The van der Waals surface area contributed by atoms with Crippen LogP contribution in [0.2, 0.25) is 0 Å². The standard InChI is InChI=1S/C14H28N4/c1-14(2)9-7-12(8-10-14)17-13(18-15)16-11-5-3-4-6-11/h11-12H,3-10,15H2,1-2H3,(H2,16,17,18). The number of guanidine groups is 1. The molecular formula is C14H28N4. The molecule has 0 saturated heterocycles. The molecule has 0 spiro atoms. The Bertz CT molecular complexity index is 282. The molecule has 4 nitrogen and oxygen atoms in total. The van der Waals surface area contributed by atoms with Crippen molar-refractivity contribution in [2.75, 3.05) is 0 Å². The summed E-state index contributed by atoms with van der Waals surface area (Å²) in [4.78, 5) is 4.75. The Morgan fingerprint density at radius 1 is 1.11 bits per heavy atom. The number of hydrogen-bond acceptors (Lipinski definition) is 2. The molecule has 18 heavy (non-hydrogen) atoms. The van der Waals surface area contributed by atoms with Crippen LogP contribution >= 0.6 is 0 Å². The van der Waals surface area contributed by atoms with Gasteiger partial charge >= 0.3 is 0 Å². The average Bonchev–Trinajstić information content (AvgIpc) is 2.83. The van der Waals surface area contributed by atoms with Crippen LogP contribution in [0.15, 0.2) is 4.99 Å². The van der Waals surface area contributed by atoms with Gasteiger partial charge in [0.25, 0.3) is 0 Å². The highest BCUT2D eigenvalue weighted by atomic mass is 15.3. The molecule has 4 heteroatoms. The first-order valence-corrected chi connectivity index (χ1v) is 7.40. The summed E-state index contributed by atoms with van der Waals surface area (Å²) in [6.45, 7) is 4.71. The first-order chi connectivity index (χ1) is 8.59. The van der Waals surface area contributed by atoms with Gasteiger partial charge in [-0.1, -0.05) is 26.7 Å². The topological polar surface area (TPSA) is 62.4 Å². The second kappa shape index (κ2) is 5.91. The van der Waals surface area contributed by atoms with E-state index in [1.165, 1.54) is 51.4 Å². The van der Waals surface area contributed by atoms with Crippen LogP contribution in [0.5, 0.6) is 0 Å². The van der Waals surface area contributed by atoms with E-state index in [1.807, 2.05) is 0 Å². The molecular weight excluding hydrogens is 224 g/mol. The maximum atomic E-state index is 5.58. The molecule has 0 aromatic carbocycles. The average molecular weight is 252 g/mol. The van der Waals surface area contributed by atoms with Crippen molar-refractivity contribution in [2.24, 2.45) is 16.3 Å². The zero-order valence-electron chi connectivity index (χ0n) is 11.8. The third kappa shape index (κ3) is 3.87. The fourth-order valence-corrected chi connectivity index (χ4v) is 3.08. The monoisotopic (exact) mass is 252 g/mol. The fraction of sp³-hybridized carbons (Fsp3) is 0.929. The quantitative estimate of drug-likeness (QED) is 0.306. The second-order valence-electron chi connectivity index (χ2n) is 6.64. The first-order valence-electron chi connectivity index (χ1n) is 7.40. The largest absolute Gasteiger partial charge is 0.353 e. The third-order valence-corrected chi connectivity index (χ3v) is 4.45. The number of rotatable bonds is 2. The highest BCUT2D eigenvalue weighted by molar-refractivity contribution is 5.79. The molecule has 0 radical (unpaired) electrons. The van der Waals surface area contributed by atoms with Gasteiger partial charge in [0.05, 0.1) is 6.04 Å². The maximum absolute atomic E-state index is 5.58. The summed E-state index contributed by atoms with van der Waals surface area (Å²) >= 11 is 0. The molecule has 2 aliphatic carbocycles. The Morgan fingerprint density at radius 2 is 1.72 bits per heavy atom. The van der Waals surface area contributed by atoms with Gasteiger partial charge in [-0.05, 0) is 43.9 Å². The Morgan fingerprint density at radius 3 is 2.28 bits per heavy atom. The van der Waals surface area contributed by atoms with Gasteiger partial charge in [-0.2, -0.15) is 0 Å². The Hall–Kier alpha value is -0.770. The Kier molecular flexibility index (Phi) is 4.49. The van der Waals surface area contributed by atoms with E-state index in [0.717, 1.165) is 5.96 Å². The molecule has 0 bridgehead atoms. The summed E-state index contributed by atoms with van der Waals surface area (Å²) in [6, 6.07) is 1.01. The normalized spacial score (nSPS) is 26.3. The number of nitrogens with zero attached hydrogens (tertiary/aromatic N) is 1. The lowest BCUT2D eigenvalue weighted by molar-refractivity contribution is 0.226. The summed E-state index contributed by atoms with van der Waals surface area (Å²) in [7, 11) is 0. The van der Waals surface area contributed by atoms with E-state index in [1.54, 1.807) is 0 Å². The lowest BCUT2D eigenvalue weighted by Gasteiger charge is -2.33. The molecule has 2 aliphatic rings. The Balaban J connectivity index is 1.85. The first kappa shape index (κ1) is 13.7. The molecule has 4 N–H and O–H groups in total. The van der Waals surface area contributed by atoms with Crippen molar-refractivity contribution in [1.29, 1.82) is 0 Å². The highest BCUT2D eigenvalue weighted by Crippen LogP contribution is 2.36. The molecule has 2 rings (SSSR count). The maximum Gasteiger partial charge on any atom is 0.206 e. The SMILES string of the molecule is CC1(C)CCC(N=C(NN)NC2CCCC2)CC1. The predicted molar refractivity (Wildman–Crippen MR) is 76.2 cm³/mol. The smallest absolute Gasteiger partial charge is 0.206 e. The van der Waals surface area contributed by atoms with Crippen LogP contribution in [0, 0.1) is 5.41 Å². The number of hydrogen-bond donors (Lipinski definition) is 3. The van der Waals surface area contributed by atoms with Gasteiger partial charge in [-0.25, -0.2) is 10.8 Å². The zero-order chi connectivity index (χ0) is 13.0. The van der Waals surface area contributed by atoms with Gasteiger partial charge in [-0.15, -0.1) is 0 Å². The minimum Gasteiger partial charge on any atom is -0.353 e. The van der Waals surface area contributed by atoms with E-state index in [2.05, 4.69) is 24.6 Å². The van der Waals surface area contributed by atoms with Crippen molar-refractivity contribution in [3.63, 3.8) is 0 Å². The lowest BCUT2D eigenvalue weighted by atomic mass is 9.76. The fourth-order valence-electron chi connectivity index (χ4n) is 3.08. The number of nitrogens with one attached hydrogen (secondary N) is 2. The number of hydrazine groups is 1. The molecule has 0 aromatic heterocycles. The van der Waals surface area contributed by atoms with E-state index in [9.17, 15) is 0 Å². The Labute approximate surface area is 111 Å². The molecule has 0 aromatic rings. The number of nitrogens with two attached hydrogens (primary N) is 1. The minimum absolute atomic E-state index is 0.443. The van der Waals surface area contributed by atoms with Crippen LogP contribution in [0.3, 0.4) is 0 Å². The van der Waals surface area contributed by atoms with Gasteiger partial charge in [0.1, 0.15) is 0 Å². The molecule has 0 aliphatic heterocycles. The van der Waals surface area contributed by atoms with Crippen molar-refractivity contribution in [2.45, 2.75) is 77.3 Å². The molecule has 0 amide bonds. The van der Waals surface area contributed by atoms with Crippen LogP contribution in [-0.4, -0.2) is 18.0 Å². The molecule has 2 saturated carbocycles. The zero-order valence-corrected chi connectivity index (χ0v) is 11.8. The predicted octanol–water partition coefficient (Wildman–Crippen LogP) is 2.31. The van der Waals surface area contributed by atoms with Crippen molar-refractivity contribution in [3.8, 4) is 0 Å². The van der Waals surface area contributed by atoms with E-state index in [4.69, 9.17) is 10.8 Å². The third-order valence-electron chi connectivity index (χ3n) is 4.45. The van der Waals surface area contributed by atoms with Crippen molar-refractivity contribution >= 4 is 5.96 Å². The van der Waals surface area contributed by atoms with E-state index < -0.39 is 0 Å². The van der Waals surface area contributed by atoms with Gasteiger partial charge in [0.2, 0.25) is 5.96 Å². The van der Waals surface area contributed by atoms with Gasteiger partial charge < -0.3 is 5.32 Å². The second-order valence-corrected chi connectivity index (χ2v) is 6.64. The van der Waals surface area contributed by atoms with E-state index in [0.29, 0.717) is 17.5 Å². The van der Waals surface area contributed by atoms with Crippen molar-refractivity contribution < 1.29 is 0 Å². The minimum atomic E-state index is 0.443. The van der Waals surface area contributed by atoms with Crippen molar-refractivity contribution in [1.82, 2.24) is 10.7 Å². The summed E-state index contributed by atoms with van der Waals surface area (Å²) in [5.74, 6) is 6.38. The summed E-state index contributed by atoms with van der Waals surface area (Å²) in [6.07, 6.45) is 10.1. The van der Waals surface area contributed by atoms with E-state index in [-0.39, 0.29) is 0 Å². The van der Waals surface area contributed by atoms with Crippen LogP contribution < -0.4 is 16.6 Å². The van der Waals surface area contributed by atoms with Gasteiger partial charge in [0, 0.05) is 6.04 Å². The molecule has 0 atom stereocenters. The van der Waals surface area contributed by atoms with Crippen LogP contribution in [-0.2, 0) is 0 Å². The summed E-state index contributed by atoms with van der Waals surface area (Å²) < 4.78 is 0. The van der Waals surface area contributed by atoms with Crippen LogP contribution in [0.1, 0.15) is 65.2 Å². The molecule has 2 fully saturated rings. The summed E-state index contributed by atoms with van der Waals surface area (Å²) in [5, 5.41) is 3.45. The van der Waals surface area contributed by atoms with E-state index >= 15 is 0 Å². The lowest BCUT2D eigenvalue weighted by Crippen LogP contribution is -2.46. The summed E-state index contributed by atoms with van der Waals surface area (Å²) in [5.41, 5.74) is 3.24. The molecule has 104 valence electrons. The van der Waals surface area contributed by atoms with Crippen molar-refractivity contribution in [3.05, 3.63) is 0 Å². The highest BCUT2D eigenvalue weighted by Gasteiger charge is 2.27. The van der Waals surface area contributed by atoms with Gasteiger partial charge in [-0.3, -0.25) is 5.43 Å². The molecule has 0 heterocycles. The number of aliphatic imine (C=N–C) groups is 1. The van der Waals surface area contributed by atoms with Crippen LogP contribution in [0.25, 0.3) is 0 Å². The van der Waals surface area contributed by atoms with Gasteiger partial charge in [0.15, 0.2) is 0 Å².